The standard InChI is InChI=1S/C24H26N4O2/c1-15-9-10-17-13-19(16(2)26-21(17)12-15)24(30)27-20-7-4-3-6-18(20)14-28-11-5-8-22(28)23(25)29/h3-4,6-7,9-10,12-13,22H,5,8,11,14H2,1-2H3,(H2,25,29)(H,27,30)/t22-/m0/s1. The molecule has 1 aliphatic heterocycles. The molecule has 30 heavy (non-hydrogen) atoms. The number of carbonyl (C=O) groups is 2. The summed E-state index contributed by atoms with van der Waals surface area (Å²) in [5.41, 5.74) is 10.5. The van der Waals surface area contributed by atoms with E-state index in [-0.39, 0.29) is 17.9 Å². The smallest absolute Gasteiger partial charge is 0.257 e. The Bertz CT molecular complexity index is 1130. The van der Waals surface area contributed by atoms with Gasteiger partial charge >= 0.3 is 0 Å². The normalized spacial score (nSPS) is 16.7. The van der Waals surface area contributed by atoms with Crippen LogP contribution in [0.1, 0.15) is 40.0 Å². The van der Waals surface area contributed by atoms with Crippen LogP contribution in [0.15, 0.2) is 48.5 Å². The Morgan fingerprint density at radius 2 is 1.97 bits per heavy atom. The van der Waals surface area contributed by atoms with Crippen LogP contribution in [0.3, 0.4) is 0 Å². The molecular formula is C24H26N4O2. The van der Waals surface area contributed by atoms with Crippen LogP contribution in [0.2, 0.25) is 0 Å². The van der Waals surface area contributed by atoms with Gasteiger partial charge in [-0.3, -0.25) is 19.5 Å². The number of aryl methyl sites for hydroxylation is 2. The van der Waals surface area contributed by atoms with E-state index in [0.29, 0.717) is 17.8 Å². The number of nitrogens with zero attached hydrogens (tertiary/aromatic N) is 2. The first-order valence-corrected chi connectivity index (χ1v) is 10.2. The molecule has 6 nitrogen and oxygen atoms in total. The average molecular weight is 402 g/mol. The van der Waals surface area contributed by atoms with Gasteiger partial charge in [-0.25, -0.2) is 0 Å². The molecule has 0 spiro atoms. The number of benzene rings is 2. The number of hydrogen-bond donors (Lipinski definition) is 2. The molecule has 1 fully saturated rings. The first-order chi connectivity index (χ1) is 14.4. The molecule has 3 N–H and O–H groups in total. The summed E-state index contributed by atoms with van der Waals surface area (Å²) >= 11 is 0. The van der Waals surface area contributed by atoms with Gasteiger partial charge in [0.2, 0.25) is 5.91 Å². The Hall–Kier alpha value is -3.25. The Morgan fingerprint density at radius 1 is 1.17 bits per heavy atom. The van der Waals surface area contributed by atoms with Crippen LogP contribution in [0, 0.1) is 13.8 Å². The van der Waals surface area contributed by atoms with Crippen molar-refractivity contribution in [1.82, 2.24) is 9.88 Å². The first-order valence-electron chi connectivity index (χ1n) is 10.2. The summed E-state index contributed by atoms with van der Waals surface area (Å²) in [7, 11) is 0. The van der Waals surface area contributed by atoms with Gasteiger partial charge in [-0.15, -0.1) is 0 Å². The maximum Gasteiger partial charge on any atom is 0.257 e. The summed E-state index contributed by atoms with van der Waals surface area (Å²) in [6, 6.07) is 15.3. The van der Waals surface area contributed by atoms with Crippen LogP contribution in [0.5, 0.6) is 0 Å². The number of nitrogens with two attached hydrogens (primary N) is 1. The Labute approximate surface area is 176 Å². The molecule has 0 radical (unpaired) electrons. The molecule has 3 aromatic rings. The summed E-state index contributed by atoms with van der Waals surface area (Å²) in [6.07, 6.45) is 1.73. The fourth-order valence-electron chi connectivity index (χ4n) is 4.13. The van der Waals surface area contributed by atoms with Gasteiger partial charge in [-0.1, -0.05) is 30.3 Å². The van der Waals surface area contributed by atoms with Crippen molar-refractivity contribution in [2.24, 2.45) is 5.73 Å². The van der Waals surface area contributed by atoms with E-state index in [1.165, 1.54) is 0 Å². The number of hydrogen-bond acceptors (Lipinski definition) is 4. The molecule has 1 aromatic heterocycles. The number of nitrogens with one attached hydrogen (secondary N) is 1. The molecule has 1 saturated heterocycles. The molecule has 0 saturated carbocycles. The zero-order valence-corrected chi connectivity index (χ0v) is 17.3. The lowest BCUT2D eigenvalue weighted by molar-refractivity contribution is -0.122. The third-order valence-corrected chi connectivity index (χ3v) is 5.74. The van der Waals surface area contributed by atoms with Crippen molar-refractivity contribution in [2.45, 2.75) is 39.3 Å². The third-order valence-electron chi connectivity index (χ3n) is 5.74. The van der Waals surface area contributed by atoms with Gasteiger partial charge < -0.3 is 11.1 Å². The fourth-order valence-corrected chi connectivity index (χ4v) is 4.13. The number of aromatic nitrogens is 1. The van der Waals surface area contributed by atoms with Crippen molar-refractivity contribution in [2.75, 3.05) is 11.9 Å². The van der Waals surface area contributed by atoms with E-state index in [9.17, 15) is 9.59 Å². The maximum atomic E-state index is 13.1. The Morgan fingerprint density at radius 3 is 2.77 bits per heavy atom. The molecule has 6 heteroatoms. The highest BCUT2D eigenvalue weighted by atomic mass is 16.2. The van der Waals surface area contributed by atoms with Gasteiger partial charge in [0.1, 0.15) is 0 Å². The Balaban J connectivity index is 1.58. The monoisotopic (exact) mass is 402 g/mol. The summed E-state index contributed by atoms with van der Waals surface area (Å²) in [5, 5.41) is 3.98. The lowest BCUT2D eigenvalue weighted by atomic mass is 10.1. The summed E-state index contributed by atoms with van der Waals surface area (Å²) in [5.74, 6) is -0.482. The van der Waals surface area contributed by atoms with Crippen molar-refractivity contribution in [3.05, 3.63) is 70.9 Å². The van der Waals surface area contributed by atoms with Gasteiger partial charge in [0.15, 0.2) is 0 Å². The maximum absolute atomic E-state index is 13.1. The number of carbonyl (C=O) groups excluding carboxylic acids is 2. The molecule has 2 heterocycles. The Kier molecular flexibility index (Phi) is 5.50. The second-order valence-electron chi connectivity index (χ2n) is 7.96. The van der Waals surface area contributed by atoms with Crippen molar-refractivity contribution < 1.29 is 9.59 Å². The van der Waals surface area contributed by atoms with E-state index in [4.69, 9.17) is 5.73 Å². The average Bonchev–Trinajstić information content (AvgIpc) is 3.17. The highest BCUT2D eigenvalue weighted by molar-refractivity contribution is 6.07. The zero-order chi connectivity index (χ0) is 21.3. The van der Waals surface area contributed by atoms with Crippen molar-refractivity contribution >= 4 is 28.4 Å². The summed E-state index contributed by atoms with van der Waals surface area (Å²) in [6.45, 7) is 5.27. The van der Waals surface area contributed by atoms with Crippen molar-refractivity contribution in [1.29, 1.82) is 0 Å². The highest BCUT2D eigenvalue weighted by Gasteiger charge is 2.29. The van der Waals surface area contributed by atoms with Crippen LogP contribution in [0.25, 0.3) is 10.9 Å². The molecule has 0 aliphatic carbocycles. The predicted molar refractivity (Wildman–Crippen MR) is 118 cm³/mol. The van der Waals surface area contributed by atoms with Crippen LogP contribution in [-0.4, -0.2) is 34.3 Å². The molecule has 1 aliphatic rings. The molecule has 154 valence electrons. The minimum Gasteiger partial charge on any atom is -0.368 e. The van der Waals surface area contributed by atoms with Crippen LogP contribution in [0.4, 0.5) is 5.69 Å². The number of amides is 2. The van der Waals surface area contributed by atoms with Crippen LogP contribution >= 0.6 is 0 Å². The predicted octanol–water partition coefficient (Wildman–Crippen LogP) is 3.55. The quantitative estimate of drug-likeness (QED) is 0.683. The SMILES string of the molecule is Cc1ccc2cc(C(=O)Nc3ccccc3CN3CCC[C@H]3C(N)=O)c(C)nc2c1. The van der Waals surface area contributed by atoms with E-state index in [2.05, 4.69) is 15.2 Å². The minimum atomic E-state index is -0.290. The number of fused-ring (bicyclic) bond motifs is 1. The third kappa shape index (κ3) is 4.04. The number of rotatable bonds is 5. The largest absolute Gasteiger partial charge is 0.368 e. The van der Waals surface area contributed by atoms with Gasteiger partial charge in [0, 0.05) is 17.6 Å². The lowest BCUT2D eigenvalue weighted by Gasteiger charge is -2.23. The molecule has 2 aromatic carbocycles. The van der Waals surface area contributed by atoms with Gasteiger partial charge in [0.25, 0.3) is 5.91 Å². The minimum absolute atomic E-state index is 0.192. The van der Waals surface area contributed by atoms with Crippen molar-refractivity contribution in [3.8, 4) is 0 Å². The molecule has 2 amide bonds. The number of primary amides is 1. The van der Waals surface area contributed by atoms with E-state index >= 15 is 0 Å². The number of pyridine rings is 1. The fraction of sp³-hybridized carbons (Fsp3) is 0.292. The zero-order valence-electron chi connectivity index (χ0n) is 17.3. The molecular weight excluding hydrogens is 376 g/mol. The van der Waals surface area contributed by atoms with Gasteiger partial charge in [-0.2, -0.15) is 0 Å². The second-order valence-corrected chi connectivity index (χ2v) is 7.96. The number of para-hydroxylation sites is 1. The number of anilines is 1. The van der Waals surface area contributed by atoms with E-state index in [1.54, 1.807) is 0 Å². The van der Waals surface area contributed by atoms with Crippen LogP contribution in [-0.2, 0) is 11.3 Å². The second kappa shape index (κ2) is 8.24. The van der Waals surface area contributed by atoms with Gasteiger partial charge in [-0.05, 0) is 62.6 Å². The topological polar surface area (TPSA) is 88.3 Å². The van der Waals surface area contributed by atoms with E-state index in [0.717, 1.165) is 47.1 Å². The van der Waals surface area contributed by atoms with Gasteiger partial charge in [0.05, 0.1) is 22.8 Å². The van der Waals surface area contributed by atoms with Crippen LogP contribution < -0.4 is 11.1 Å². The lowest BCUT2D eigenvalue weighted by Crippen LogP contribution is -2.39. The van der Waals surface area contributed by atoms with E-state index in [1.807, 2.05) is 62.4 Å². The summed E-state index contributed by atoms with van der Waals surface area (Å²) in [4.78, 5) is 31.5. The summed E-state index contributed by atoms with van der Waals surface area (Å²) < 4.78 is 0. The van der Waals surface area contributed by atoms with E-state index < -0.39 is 0 Å². The molecule has 0 unspecified atom stereocenters. The van der Waals surface area contributed by atoms with Crippen molar-refractivity contribution in [3.63, 3.8) is 0 Å². The number of likely N-dealkylation sites (tertiary alicyclic amines) is 1. The first kappa shape index (κ1) is 20.0. The molecule has 0 bridgehead atoms. The molecule has 4 rings (SSSR count). The highest BCUT2D eigenvalue weighted by Crippen LogP contribution is 2.25. The molecule has 1 atom stereocenters.